The highest BCUT2D eigenvalue weighted by Crippen LogP contribution is 2.45. The SMILES string of the molecule is CN(C)C(=O)C1CCN(C(=O)[C@@]23CCCC[C@H]2CNC3)CC1.Cl. The largest absolute Gasteiger partial charge is 0.349 e. The van der Waals surface area contributed by atoms with Crippen LogP contribution in [0.3, 0.4) is 0 Å². The third-order valence-corrected chi connectivity index (χ3v) is 6.04. The van der Waals surface area contributed by atoms with Crippen LogP contribution in [0.2, 0.25) is 0 Å². The first-order valence-electron chi connectivity index (χ1n) is 8.76. The van der Waals surface area contributed by atoms with Crippen LogP contribution in [-0.4, -0.2) is 61.9 Å². The number of piperidine rings is 1. The number of nitrogens with one attached hydrogen (secondary N) is 1. The molecule has 2 atom stereocenters. The van der Waals surface area contributed by atoms with Gasteiger partial charge in [0.1, 0.15) is 0 Å². The Bertz CT molecular complexity index is 449. The number of hydrogen-bond donors (Lipinski definition) is 1. The number of hydrogen-bond acceptors (Lipinski definition) is 3. The van der Waals surface area contributed by atoms with E-state index in [0.29, 0.717) is 11.8 Å². The van der Waals surface area contributed by atoms with Crippen molar-refractivity contribution in [2.24, 2.45) is 17.3 Å². The van der Waals surface area contributed by atoms with Gasteiger partial charge in [0, 0.05) is 39.6 Å². The van der Waals surface area contributed by atoms with E-state index in [1.54, 1.807) is 4.90 Å². The Kier molecular flexibility index (Phi) is 5.95. The molecule has 3 rings (SSSR count). The molecule has 1 N–H and O–H groups in total. The van der Waals surface area contributed by atoms with E-state index in [2.05, 4.69) is 5.32 Å². The zero-order valence-electron chi connectivity index (χ0n) is 14.3. The number of amides is 2. The molecule has 3 fully saturated rings. The zero-order chi connectivity index (χ0) is 15.7. The Hall–Kier alpha value is -0.810. The van der Waals surface area contributed by atoms with Crippen LogP contribution in [-0.2, 0) is 9.59 Å². The van der Waals surface area contributed by atoms with Crippen molar-refractivity contribution in [3.63, 3.8) is 0 Å². The third kappa shape index (κ3) is 3.36. The first-order chi connectivity index (χ1) is 10.5. The van der Waals surface area contributed by atoms with Crippen molar-refractivity contribution >= 4 is 24.2 Å². The van der Waals surface area contributed by atoms with E-state index in [0.717, 1.165) is 45.4 Å². The smallest absolute Gasteiger partial charge is 0.230 e. The molecule has 0 aromatic heterocycles. The molecule has 5 nitrogen and oxygen atoms in total. The Morgan fingerprint density at radius 1 is 1.13 bits per heavy atom. The Labute approximate surface area is 145 Å². The summed E-state index contributed by atoms with van der Waals surface area (Å²) in [7, 11) is 3.63. The van der Waals surface area contributed by atoms with Gasteiger partial charge >= 0.3 is 0 Å². The first kappa shape index (κ1) is 18.5. The fourth-order valence-electron chi connectivity index (χ4n) is 4.68. The summed E-state index contributed by atoms with van der Waals surface area (Å²) in [4.78, 5) is 29.0. The minimum atomic E-state index is -0.142. The van der Waals surface area contributed by atoms with Gasteiger partial charge in [0.05, 0.1) is 5.41 Å². The van der Waals surface area contributed by atoms with Crippen LogP contribution in [0.4, 0.5) is 0 Å². The molecule has 0 unspecified atom stereocenters. The second-order valence-electron chi connectivity index (χ2n) is 7.53. The van der Waals surface area contributed by atoms with Crippen LogP contribution in [0.1, 0.15) is 38.5 Å². The monoisotopic (exact) mass is 343 g/mol. The van der Waals surface area contributed by atoms with Crippen molar-refractivity contribution in [3.05, 3.63) is 0 Å². The molecule has 1 aliphatic carbocycles. The lowest BCUT2D eigenvalue weighted by Crippen LogP contribution is -2.52. The summed E-state index contributed by atoms with van der Waals surface area (Å²) in [6.45, 7) is 3.35. The topological polar surface area (TPSA) is 52.7 Å². The fourth-order valence-corrected chi connectivity index (χ4v) is 4.68. The molecule has 2 heterocycles. The highest BCUT2D eigenvalue weighted by Gasteiger charge is 2.51. The average Bonchev–Trinajstić information content (AvgIpc) is 2.98. The van der Waals surface area contributed by atoms with Crippen molar-refractivity contribution < 1.29 is 9.59 Å². The van der Waals surface area contributed by atoms with Gasteiger partial charge in [-0.2, -0.15) is 0 Å². The summed E-state index contributed by atoms with van der Waals surface area (Å²) in [5.74, 6) is 1.19. The van der Waals surface area contributed by atoms with Gasteiger partial charge in [0.25, 0.3) is 0 Å². The quantitative estimate of drug-likeness (QED) is 0.827. The minimum Gasteiger partial charge on any atom is -0.349 e. The second-order valence-corrected chi connectivity index (χ2v) is 7.53. The fraction of sp³-hybridized carbons (Fsp3) is 0.882. The van der Waals surface area contributed by atoms with Crippen molar-refractivity contribution in [1.82, 2.24) is 15.1 Å². The van der Waals surface area contributed by atoms with Crippen LogP contribution in [0.5, 0.6) is 0 Å². The molecule has 2 saturated heterocycles. The summed E-state index contributed by atoms with van der Waals surface area (Å²) in [5.41, 5.74) is -0.142. The molecule has 132 valence electrons. The Morgan fingerprint density at radius 3 is 2.48 bits per heavy atom. The van der Waals surface area contributed by atoms with E-state index in [1.165, 1.54) is 19.3 Å². The van der Waals surface area contributed by atoms with Gasteiger partial charge in [-0.25, -0.2) is 0 Å². The predicted octanol–water partition coefficient (Wildman–Crippen LogP) is 1.51. The lowest BCUT2D eigenvalue weighted by molar-refractivity contribution is -0.149. The number of rotatable bonds is 2. The van der Waals surface area contributed by atoms with Gasteiger partial charge in [-0.1, -0.05) is 12.8 Å². The van der Waals surface area contributed by atoms with Crippen LogP contribution in [0.25, 0.3) is 0 Å². The van der Waals surface area contributed by atoms with Crippen molar-refractivity contribution in [2.75, 3.05) is 40.3 Å². The number of carbonyl (C=O) groups excluding carboxylic acids is 2. The number of nitrogens with zero attached hydrogens (tertiary/aromatic N) is 2. The van der Waals surface area contributed by atoms with E-state index in [1.807, 2.05) is 19.0 Å². The maximum atomic E-state index is 13.2. The number of likely N-dealkylation sites (tertiary alicyclic amines) is 1. The molecule has 2 amide bonds. The maximum Gasteiger partial charge on any atom is 0.230 e. The van der Waals surface area contributed by atoms with Gasteiger partial charge < -0.3 is 15.1 Å². The van der Waals surface area contributed by atoms with Crippen molar-refractivity contribution in [2.45, 2.75) is 38.5 Å². The summed E-state index contributed by atoms with van der Waals surface area (Å²) in [5, 5.41) is 3.46. The van der Waals surface area contributed by atoms with E-state index >= 15 is 0 Å². The molecular weight excluding hydrogens is 314 g/mol. The average molecular weight is 344 g/mol. The van der Waals surface area contributed by atoms with Crippen LogP contribution in [0, 0.1) is 17.3 Å². The standard InChI is InChI=1S/C17H29N3O2.ClH/c1-19(2)15(21)13-6-9-20(10-7-13)16(22)17-8-4-3-5-14(17)11-18-12-17;/h13-14,18H,3-12H2,1-2H3;1H/t14-,17+;/m0./s1. The summed E-state index contributed by atoms with van der Waals surface area (Å²) in [6.07, 6.45) is 6.31. The minimum absolute atomic E-state index is 0. The zero-order valence-corrected chi connectivity index (χ0v) is 15.2. The van der Waals surface area contributed by atoms with Crippen molar-refractivity contribution in [3.8, 4) is 0 Å². The molecule has 0 bridgehead atoms. The number of fused-ring (bicyclic) bond motifs is 1. The van der Waals surface area contributed by atoms with Gasteiger partial charge in [0.2, 0.25) is 11.8 Å². The van der Waals surface area contributed by atoms with Gasteiger partial charge in [-0.3, -0.25) is 9.59 Å². The van der Waals surface area contributed by atoms with Crippen LogP contribution < -0.4 is 5.32 Å². The van der Waals surface area contributed by atoms with E-state index in [9.17, 15) is 9.59 Å². The molecule has 0 radical (unpaired) electrons. The lowest BCUT2D eigenvalue weighted by atomic mass is 9.67. The molecule has 3 aliphatic rings. The molecule has 0 aromatic rings. The molecule has 2 aliphatic heterocycles. The van der Waals surface area contributed by atoms with Crippen molar-refractivity contribution in [1.29, 1.82) is 0 Å². The third-order valence-electron chi connectivity index (χ3n) is 6.04. The molecule has 23 heavy (non-hydrogen) atoms. The molecular formula is C17H30ClN3O2. The molecule has 0 aromatic carbocycles. The summed E-state index contributed by atoms with van der Waals surface area (Å²) >= 11 is 0. The lowest BCUT2D eigenvalue weighted by Gasteiger charge is -2.43. The maximum absolute atomic E-state index is 13.2. The van der Waals surface area contributed by atoms with E-state index in [4.69, 9.17) is 0 Å². The molecule has 6 heteroatoms. The Morgan fingerprint density at radius 2 is 1.83 bits per heavy atom. The molecule has 1 saturated carbocycles. The van der Waals surface area contributed by atoms with Crippen LogP contribution >= 0.6 is 12.4 Å². The van der Waals surface area contributed by atoms with E-state index in [-0.39, 0.29) is 29.6 Å². The van der Waals surface area contributed by atoms with Gasteiger partial charge in [-0.05, 0) is 38.1 Å². The normalized spacial score (nSPS) is 31.2. The number of halogens is 1. The highest BCUT2D eigenvalue weighted by molar-refractivity contribution is 5.85. The van der Waals surface area contributed by atoms with Crippen LogP contribution in [0.15, 0.2) is 0 Å². The van der Waals surface area contributed by atoms with Gasteiger partial charge in [0.15, 0.2) is 0 Å². The van der Waals surface area contributed by atoms with Gasteiger partial charge in [-0.15, -0.1) is 12.4 Å². The molecule has 0 spiro atoms. The van der Waals surface area contributed by atoms with E-state index < -0.39 is 0 Å². The summed E-state index contributed by atoms with van der Waals surface area (Å²) < 4.78 is 0. The predicted molar refractivity (Wildman–Crippen MR) is 92.5 cm³/mol. The highest BCUT2D eigenvalue weighted by atomic mass is 35.5. The first-order valence-corrected chi connectivity index (χ1v) is 8.76. The summed E-state index contributed by atoms with van der Waals surface area (Å²) in [6, 6.07) is 0. The number of carbonyl (C=O) groups is 2. The second kappa shape index (κ2) is 7.39. The Balaban J connectivity index is 0.00000192.